The second kappa shape index (κ2) is 5.84. The molecular formula is C12H10ClF2N3O2S. The number of hydrogen-bond donors (Lipinski definition) is 3. The highest BCUT2D eigenvalue weighted by Gasteiger charge is 2.19. The number of sulfonamides is 1. The number of halogens is 3. The summed E-state index contributed by atoms with van der Waals surface area (Å²) in [5, 5.41) is -0.378. The van der Waals surface area contributed by atoms with E-state index < -0.39 is 27.3 Å². The highest BCUT2D eigenvalue weighted by atomic mass is 35.5. The summed E-state index contributed by atoms with van der Waals surface area (Å²) in [6, 6.07) is 6.74. The Morgan fingerprint density at radius 3 is 2.24 bits per heavy atom. The van der Waals surface area contributed by atoms with E-state index in [0.717, 1.165) is 6.07 Å². The van der Waals surface area contributed by atoms with E-state index in [1.165, 1.54) is 24.3 Å². The van der Waals surface area contributed by atoms with Crippen molar-refractivity contribution in [3.63, 3.8) is 0 Å². The fourth-order valence-electron chi connectivity index (χ4n) is 1.56. The second-order valence-electron chi connectivity index (χ2n) is 4.02. The number of benzene rings is 2. The SMILES string of the molecule is NNc1ccc(S(=O)(=O)Nc2c(F)cc(F)cc2Cl)cc1. The Morgan fingerprint density at radius 2 is 1.71 bits per heavy atom. The maximum atomic E-state index is 13.6. The Labute approximate surface area is 124 Å². The second-order valence-corrected chi connectivity index (χ2v) is 6.11. The molecule has 0 aliphatic rings. The Morgan fingerprint density at radius 1 is 1.10 bits per heavy atom. The maximum absolute atomic E-state index is 13.6. The van der Waals surface area contributed by atoms with Gasteiger partial charge in [0.25, 0.3) is 10.0 Å². The van der Waals surface area contributed by atoms with Crippen molar-refractivity contribution in [2.24, 2.45) is 5.84 Å². The topological polar surface area (TPSA) is 84.2 Å². The van der Waals surface area contributed by atoms with E-state index in [4.69, 9.17) is 17.4 Å². The molecule has 0 heterocycles. The van der Waals surface area contributed by atoms with Crippen molar-refractivity contribution in [1.82, 2.24) is 0 Å². The van der Waals surface area contributed by atoms with Crippen LogP contribution in [-0.2, 0) is 10.0 Å². The zero-order chi connectivity index (χ0) is 15.6. The van der Waals surface area contributed by atoms with Crippen molar-refractivity contribution in [3.8, 4) is 0 Å². The maximum Gasteiger partial charge on any atom is 0.262 e. The molecule has 0 bridgehead atoms. The molecule has 5 nitrogen and oxygen atoms in total. The van der Waals surface area contributed by atoms with Crippen molar-refractivity contribution >= 4 is 33.0 Å². The Balaban J connectivity index is 2.37. The number of anilines is 2. The number of hydrogen-bond acceptors (Lipinski definition) is 4. The van der Waals surface area contributed by atoms with Crippen LogP contribution in [0.5, 0.6) is 0 Å². The first-order valence-electron chi connectivity index (χ1n) is 5.57. The van der Waals surface area contributed by atoms with Gasteiger partial charge in [0.15, 0.2) is 5.82 Å². The molecule has 0 aliphatic heterocycles. The summed E-state index contributed by atoms with van der Waals surface area (Å²) in [6.45, 7) is 0. The van der Waals surface area contributed by atoms with Gasteiger partial charge in [-0.2, -0.15) is 0 Å². The molecule has 0 saturated heterocycles. The number of nitrogen functional groups attached to an aromatic ring is 1. The summed E-state index contributed by atoms with van der Waals surface area (Å²) < 4.78 is 52.7. The van der Waals surface area contributed by atoms with Crippen molar-refractivity contribution in [2.75, 3.05) is 10.1 Å². The minimum absolute atomic E-state index is 0.124. The molecule has 2 aromatic rings. The van der Waals surface area contributed by atoms with Gasteiger partial charge in [0.1, 0.15) is 11.5 Å². The third kappa shape index (κ3) is 3.41. The first kappa shape index (κ1) is 15.5. The number of hydrazine groups is 1. The molecule has 0 fully saturated rings. The zero-order valence-corrected chi connectivity index (χ0v) is 12.0. The van der Waals surface area contributed by atoms with Gasteiger partial charge in [-0.1, -0.05) is 11.6 Å². The third-order valence-corrected chi connectivity index (χ3v) is 4.24. The highest BCUT2D eigenvalue weighted by molar-refractivity contribution is 7.92. The average Bonchev–Trinajstić information content (AvgIpc) is 2.43. The normalized spacial score (nSPS) is 11.2. The average molecular weight is 334 g/mol. The van der Waals surface area contributed by atoms with E-state index in [-0.39, 0.29) is 9.92 Å². The number of nitrogens with two attached hydrogens (primary N) is 1. The van der Waals surface area contributed by atoms with E-state index >= 15 is 0 Å². The molecule has 2 rings (SSSR count). The lowest BCUT2D eigenvalue weighted by molar-refractivity contribution is 0.583. The molecular weight excluding hydrogens is 324 g/mol. The van der Waals surface area contributed by atoms with Crippen LogP contribution in [0.1, 0.15) is 0 Å². The molecule has 0 aromatic heterocycles. The lowest BCUT2D eigenvalue weighted by atomic mass is 10.3. The van der Waals surface area contributed by atoms with E-state index in [0.29, 0.717) is 11.8 Å². The van der Waals surface area contributed by atoms with E-state index in [9.17, 15) is 17.2 Å². The smallest absolute Gasteiger partial charge is 0.262 e. The number of rotatable bonds is 4. The van der Waals surface area contributed by atoms with Gasteiger partial charge in [-0.25, -0.2) is 17.2 Å². The van der Waals surface area contributed by atoms with Gasteiger partial charge < -0.3 is 5.43 Å². The Hall–Kier alpha value is -1.90. The highest BCUT2D eigenvalue weighted by Crippen LogP contribution is 2.28. The van der Waals surface area contributed by atoms with Crippen LogP contribution in [0.3, 0.4) is 0 Å². The van der Waals surface area contributed by atoms with Crippen molar-refractivity contribution in [2.45, 2.75) is 4.90 Å². The summed E-state index contributed by atoms with van der Waals surface area (Å²) in [4.78, 5) is -0.124. The van der Waals surface area contributed by atoms with Gasteiger partial charge in [0.05, 0.1) is 9.92 Å². The number of nitrogens with one attached hydrogen (secondary N) is 2. The molecule has 2 aromatic carbocycles. The van der Waals surface area contributed by atoms with E-state index in [1.54, 1.807) is 0 Å². The Bertz CT molecular complexity index is 744. The molecule has 0 spiro atoms. The summed E-state index contributed by atoms with van der Waals surface area (Å²) in [7, 11) is -4.06. The molecule has 0 saturated carbocycles. The monoisotopic (exact) mass is 333 g/mol. The summed E-state index contributed by atoms with van der Waals surface area (Å²) in [5.41, 5.74) is 2.33. The van der Waals surface area contributed by atoms with Gasteiger partial charge in [-0.15, -0.1) is 0 Å². The summed E-state index contributed by atoms with van der Waals surface area (Å²) >= 11 is 5.64. The molecule has 0 radical (unpaired) electrons. The first-order chi connectivity index (χ1) is 9.83. The molecule has 0 amide bonds. The van der Waals surface area contributed by atoms with Crippen molar-refractivity contribution < 1.29 is 17.2 Å². The predicted octanol–water partition coefficient (Wildman–Crippen LogP) is 2.70. The molecule has 0 aliphatic carbocycles. The summed E-state index contributed by atoms with van der Waals surface area (Å²) in [5.74, 6) is 3.16. The van der Waals surface area contributed by atoms with Crippen LogP contribution in [-0.4, -0.2) is 8.42 Å². The van der Waals surface area contributed by atoms with E-state index in [1.807, 2.05) is 4.72 Å². The van der Waals surface area contributed by atoms with E-state index in [2.05, 4.69) is 5.43 Å². The van der Waals surface area contributed by atoms with Crippen LogP contribution >= 0.6 is 11.6 Å². The molecule has 112 valence electrons. The Kier molecular flexibility index (Phi) is 4.31. The third-order valence-electron chi connectivity index (χ3n) is 2.57. The van der Waals surface area contributed by atoms with Gasteiger partial charge in [-0.3, -0.25) is 10.6 Å². The molecule has 0 unspecified atom stereocenters. The largest absolute Gasteiger partial charge is 0.324 e. The van der Waals surface area contributed by atoms with Crippen LogP contribution in [0.4, 0.5) is 20.2 Å². The van der Waals surface area contributed by atoms with Crippen molar-refractivity contribution in [3.05, 3.63) is 53.1 Å². The fourth-order valence-corrected chi connectivity index (χ4v) is 2.95. The minimum Gasteiger partial charge on any atom is -0.324 e. The molecule has 9 heteroatoms. The van der Waals surface area contributed by atoms with Crippen LogP contribution < -0.4 is 16.0 Å². The first-order valence-corrected chi connectivity index (χ1v) is 7.43. The van der Waals surface area contributed by atoms with Gasteiger partial charge in [0, 0.05) is 11.8 Å². The lowest BCUT2D eigenvalue weighted by Gasteiger charge is -2.11. The standard InChI is InChI=1S/C12H10ClF2N3O2S/c13-10-5-7(14)6-11(15)12(10)18-21(19,20)9-3-1-8(17-16)2-4-9/h1-6,17-18H,16H2. The van der Waals surface area contributed by atoms with Crippen LogP contribution in [0, 0.1) is 11.6 Å². The molecule has 0 atom stereocenters. The van der Waals surface area contributed by atoms with Gasteiger partial charge >= 0.3 is 0 Å². The van der Waals surface area contributed by atoms with Crippen LogP contribution in [0.2, 0.25) is 5.02 Å². The predicted molar refractivity (Wildman–Crippen MR) is 76.4 cm³/mol. The van der Waals surface area contributed by atoms with Gasteiger partial charge in [-0.05, 0) is 30.3 Å². The summed E-state index contributed by atoms with van der Waals surface area (Å²) in [6.07, 6.45) is 0. The van der Waals surface area contributed by atoms with Gasteiger partial charge in [0.2, 0.25) is 0 Å². The molecule has 4 N–H and O–H groups in total. The quantitative estimate of drug-likeness (QED) is 0.593. The zero-order valence-electron chi connectivity index (χ0n) is 10.4. The fraction of sp³-hybridized carbons (Fsp3) is 0. The van der Waals surface area contributed by atoms with Crippen LogP contribution in [0.15, 0.2) is 41.3 Å². The lowest BCUT2D eigenvalue weighted by Crippen LogP contribution is -2.15. The van der Waals surface area contributed by atoms with Crippen LogP contribution in [0.25, 0.3) is 0 Å². The minimum atomic E-state index is -4.06. The van der Waals surface area contributed by atoms with Crippen molar-refractivity contribution in [1.29, 1.82) is 0 Å². The molecule has 21 heavy (non-hydrogen) atoms.